The summed E-state index contributed by atoms with van der Waals surface area (Å²) in [6, 6.07) is 0.897. The Morgan fingerprint density at radius 3 is 2.30 bits per heavy atom. The van der Waals surface area contributed by atoms with Crippen LogP contribution < -0.4 is 0 Å². The van der Waals surface area contributed by atoms with Crippen LogP contribution in [0.1, 0.15) is 6.92 Å². The molecule has 1 unspecified atom stereocenters. The van der Waals surface area contributed by atoms with Gasteiger partial charge in [-0.1, -0.05) is 19.6 Å². The predicted molar refractivity (Wildman–Crippen MR) is 79.3 cm³/mol. The third-order valence-corrected chi connectivity index (χ3v) is 4.43. The van der Waals surface area contributed by atoms with Crippen LogP contribution in [0.3, 0.4) is 0 Å². The average Bonchev–Trinajstić information content (AvgIpc) is 2.34. The van der Waals surface area contributed by atoms with E-state index in [-0.39, 0.29) is 19.8 Å². The molecule has 1 atom stereocenters. The molecule has 0 aliphatic heterocycles. The van der Waals surface area contributed by atoms with Gasteiger partial charge in [-0.05, 0) is 13.0 Å². The van der Waals surface area contributed by atoms with E-state index in [1.54, 1.807) is 14.0 Å². The summed E-state index contributed by atoms with van der Waals surface area (Å²) in [5.74, 6) is -1.23. The summed E-state index contributed by atoms with van der Waals surface area (Å²) in [4.78, 5) is 24.6. The molecule has 118 valence electrons. The highest BCUT2D eigenvalue weighted by atomic mass is 28.3. The van der Waals surface area contributed by atoms with Gasteiger partial charge in [0.15, 0.2) is 0 Å². The van der Waals surface area contributed by atoms with Gasteiger partial charge in [0, 0.05) is 21.7 Å². The molecule has 0 bridgehead atoms. The maximum atomic E-state index is 11.7. The molecule has 1 N–H and O–H groups in total. The van der Waals surface area contributed by atoms with Crippen molar-refractivity contribution in [2.24, 2.45) is 5.92 Å². The Morgan fingerprint density at radius 2 is 1.85 bits per heavy atom. The Bertz CT molecular complexity index is 316. The molecule has 0 spiro atoms. The van der Waals surface area contributed by atoms with Crippen molar-refractivity contribution in [2.45, 2.75) is 32.6 Å². The summed E-state index contributed by atoms with van der Waals surface area (Å²) in [6.07, 6.45) is -0.481. The van der Waals surface area contributed by atoms with Gasteiger partial charge in [-0.25, -0.2) is 4.79 Å². The molecule has 7 heteroatoms. The van der Waals surface area contributed by atoms with E-state index in [1.807, 2.05) is 0 Å². The van der Waals surface area contributed by atoms with Gasteiger partial charge < -0.3 is 19.5 Å². The third kappa shape index (κ3) is 8.16. The van der Waals surface area contributed by atoms with Gasteiger partial charge in [-0.15, -0.1) is 0 Å². The molecule has 0 rings (SSSR count). The summed E-state index contributed by atoms with van der Waals surface area (Å²) in [6.45, 7) is 8.67. The number of rotatable bonds is 8. The highest BCUT2D eigenvalue weighted by Gasteiger charge is 2.24. The zero-order valence-electron chi connectivity index (χ0n) is 13.1. The van der Waals surface area contributed by atoms with Crippen molar-refractivity contribution in [2.75, 3.05) is 33.4 Å². The second-order valence-corrected chi connectivity index (χ2v) is 11.6. The summed E-state index contributed by atoms with van der Waals surface area (Å²) in [5, 5.41) is 9.16. The van der Waals surface area contributed by atoms with Crippen LogP contribution in [0.5, 0.6) is 0 Å². The van der Waals surface area contributed by atoms with Crippen LogP contribution in [0.15, 0.2) is 0 Å². The van der Waals surface area contributed by atoms with Crippen molar-refractivity contribution >= 4 is 20.1 Å². The molecule has 6 nitrogen and oxygen atoms in total. The minimum Gasteiger partial charge on any atom is -0.466 e. The lowest BCUT2D eigenvalue weighted by Gasteiger charge is -2.22. The summed E-state index contributed by atoms with van der Waals surface area (Å²) in [7, 11) is 0.304. The molecule has 0 aromatic heterocycles. The van der Waals surface area contributed by atoms with Crippen LogP contribution >= 0.6 is 0 Å². The molecule has 0 saturated carbocycles. The van der Waals surface area contributed by atoms with E-state index >= 15 is 0 Å². The SMILES string of the molecule is CCOC(=O)C(CO)CN(C)C(=O)OCC[Si](C)(C)C. The first-order valence-corrected chi connectivity index (χ1v) is 10.6. The molecular weight excluding hydrogens is 278 g/mol. The molecule has 0 aliphatic carbocycles. The number of ether oxygens (including phenoxy) is 2. The summed E-state index contributed by atoms with van der Waals surface area (Å²) >= 11 is 0. The molecule has 1 amide bonds. The Morgan fingerprint density at radius 1 is 1.25 bits per heavy atom. The van der Waals surface area contributed by atoms with Crippen molar-refractivity contribution in [1.29, 1.82) is 0 Å². The number of hydrogen-bond donors (Lipinski definition) is 1. The van der Waals surface area contributed by atoms with Crippen LogP contribution in [0.25, 0.3) is 0 Å². The predicted octanol–water partition coefficient (Wildman–Crippen LogP) is 1.56. The molecule has 0 aromatic carbocycles. The van der Waals surface area contributed by atoms with Crippen LogP contribution in [-0.2, 0) is 14.3 Å². The molecule has 0 saturated heterocycles. The minimum atomic E-state index is -1.24. The Labute approximate surface area is 122 Å². The number of esters is 1. The number of aliphatic hydroxyl groups is 1. The van der Waals surface area contributed by atoms with Gasteiger partial charge in [0.2, 0.25) is 0 Å². The summed E-state index contributed by atoms with van der Waals surface area (Å²) in [5.41, 5.74) is 0. The van der Waals surface area contributed by atoms with Crippen LogP contribution in [-0.4, -0.2) is 63.6 Å². The van der Waals surface area contributed by atoms with Gasteiger partial charge >= 0.3 is 12.1 Å². The van der Waals surface area contributed by atoms with Crippen molar-refractivity contribution in [3.05, 3.63) is 0 Å². The first kappa shape index (κ1) is 18.9. The highest BCUT2D eigenvalue weighted by molar-refractivity contribution is 6.76. The Hall–Kier alpha value is -1.08. The number of nitrogens with zero attached hydrogens (tertiary/aromatic N) is 1. The van der Waals surface area contributed by atoms with E-state index in [0.717, 1.165) is 6.04 Å². The molecule has 0 radical (unpaired) electrons. The molecule has 0 aromatic rings. The van der Waals surface area contributed by atoms with Crippen LogP contribution in [0, 0.1) is 5.92 Å². The topological polar surface area (TPSA) is 76.1 Å². The normalized spacial score (nSPS) is 12.7. The van der Waals surface area contributed by atoms with Gasteiger partial charge in [0.25, 0.3) is 0 Å². The monoisotopic (exact) mass is 305 g/mol. The number of hydrogen-bond acceptors (Lipinski definition) is 5. The van der Waals surface area contributed by atoms with Crippen molar-refractivity contribution in [1.82, 2.24) is 4.90 Å². The van der Waals surface area contributed by atoms with Gasteiger partial charge in [0.05, 0.1) is 25.7 Å². The van der Waals surface area contributed by atoms with Gasteiger partial charge in [-0.2, -0.15) is 0 Å². The fourth-order valence-corrected chi connectivity index (χ4v) is 2.14. The zero-order chi connectivity index (χ0) is 15.8. The van der Waals surface area contributed by atoms with Crippen LogP contribution in [0.2, 0.25) is 25.7 Å². The number of amides is 1. The average molecular weight is 305 g/mol. The third-order valence-electron chi connectivity index (χ3n) is 2.72. The van der Waals surface area contributed by atoms with E-state index in [0.29, 0.717) is 6.61 Å². The minimum absolute atomic E-state index is 0.0844. The maximum Gasteiger partial charge on any atom is 0.409 e. The van der Waals surface area contributed by atoms with E-state index in [9.17, 15) is 9.59 Å². The lowest BCUT2D eigenvalue weighted by molar-refractivity contribution is -0.149. The first-order valence-electron chi connectivity index (χ1n) is 6.86. The number of carbonyl (C=O) groups is 2. The fraction of sp³-hybridized carbons (Fsp3) is 0.846. The second-order valence-electron chi connectivity index (χ2n) is 5.94. The van der Waals surface area contributed by atoms with E-state index in [4.69, 9.17) is 14.6 Å². The Balaban J connectivity index is 4.19. The number of carbonyl (C=O) groups excluding carboxylic acids is 2. The van der Waals surface area contributed by atoms with Crippen molar-refractivity contribution in [3.63, 3.8) is 0 Å². The summed E-state index contributed by atoms with van der Waals surface area (Å²) < 4.78 is 9.98. The van der Waals surface area contributed by atoms with E-state index in [2.05, 4.69) is 19.6 Å². The lowest BCUT2D eigenvalue weighted by atomic mass is 10.1. The second kappa shape index (κ2) is 8.96. The van der Waals surface area contributed by atoms with Crippen LogP contribution in [0.4, 0.5) is 4.79 Å². The zero-order valence-corrected chi connectivity index (χ0v) is 14.1. The quantitative estimate of drug-likeness (QED) is 0.544. The maximum absolute atomic E-state index is 11.7. The van der Waals surface area contributed by atoms with E-state index in [1.165, 1.54) is 4.90 Å². The lowest BCUT2D eigenvalue weighted by Crippen LogP contribution is -2.38. The molecule has 0 heterocycles. The van der Waals surface area contributed by atoms with Crippen molar-refractivity contribution < 1.29 is 24.2 Å². The largest absolute Gasteiger partial charge is 0.466 e. The standard InChI is InChI=1S/C13H27NO5Si/c1-6-18-12(16)11(10-15)9-14(2)13(17)19-7-8-20(3,4)5/h11,15H,6-10H2,1-5H3. The number of aliphatic hydroxyl groups excluding tert-OH is 1. The molecule has 0 aliphatic rings. The molecule has 20 heavy (non-hydrogen) atoms. The molecular formula is C13H27NO5Si. The first-order chi connectivity index (χ1) is 9.21. The van der Waals surface area contributed by atoms with E-state index < -0.39 is 26.1 Å². The van der Waals surface area contributed by atoms with Gasteiger partial charge in [-0.3, -0.25) is 4.79 Å². The highest BCUT2D eigenvalue weighted by Crippen LogP contribution is 2.09. The fourth-order valence-electron chi connectivity index (χ4n) is 1.43. The Kier molecular flexibility index (Phi) is 8.48. The smallest absolute Gasteiger partial charge is 0.409 e. The van der Waals surface area contributed by atoms with Gasteiger partial charge in [0.1, 0.15) is 0 Å². The molecule has 0 fully saturated rings. The van der Waals surface area contributed by atoms with Crippen molar-refractivity contribution in [3.8, 4) is 0 Å².